The summed E-state index contributed by atoms with van der Waals surface area (Å²) < 4.78 is 4.73. The van der Waals surface area contributed by atoms with Gasteiger partial charge in [-0.3, -0.25) is 4.84 Å². The standard InChI is InChI=1S/C6H14NO3/c1-7(2,3)10-6(8)5-9-4/h5H2,1-4H3/q+1. The topological polar surface area (TPSA) is 35.5 Å². The van der Waals surface area contributed by atoms with Crippen molar-refractivity contribution in [3.05, 3.63) is 0 Å². The fourth-order valence-corrected chi connectivity index (χ4v) is 0.450. The number of hydrogen-bond acceptors (Lipinski definition) is 3. The van der Waals surface area contributed by atoms with Gasteiger partial charge in [0.05, 0.1) is 0 Å². The molecule has 0 N–H and O–H groups in total. The van der Waals surface area contributed by atoms with Crippen LogP contribution in [0.15, 0.2) is 0 Å². The largest absolute Gasteiger partial charge is 0.391 e. The van der Waals surface area contributed by atoms with Crippen LogP contribution in [0.2, 0.25) is 0 Å². The van der Waals surface area contributed by atoms with E-state index < -0.39 is 0 Å². The highest BCUT2D eigenvalue weighted by Gasteiger charge is 2.14. The molecule has 0 spiro atoms. The van der Waals surface area contributed by atoms with Crippen LogP contribution in [0.3, 0.4) is 0 Å². The summed E-state index contributed by atoms with van der Waals surface area (Å²) in [5, 5.41) is 0. The van der Waals surface area contributed by atoms with Crippen LogP contribution in [0.4, 0.5) is 0 Å². The number of nitrogens with zero attached hydrogens (tertiary/aromatic N) is 1. The molecule has 4 nitrogen and oxygen atoms in total. The summed E-state index contributed by atoms with van der Waals surface area (Å²) in [6.45, 7) is 0.00944. The summed E-state index contributed by atoms with van der Waals surface area (Å²) in [6, 6.07) is 0. The van der Waals surface area contributed by atoms with Crippen LogP contribution in [-0.4, -0.2) is 45.5 Å². The fourth-order valence-electron chi connectivity index (χ4n) is 0.450. The summed E-state index contributed by atoms with van der Waals surface area (Å²) in [6.07, 6.45) is 0. The van der Waals surface area contributed by atoms with Crippen LogP contribution in [0.1, 0.15) is 0 Å². The predicted molar refractivity (Wildman–Crippen MR) is 36.0 cm³/mol. The number of carbonyl (C=O) groups is 1. The Balaban J connectivity index is 3.58. The van der Waals surface area contributed by atoms with Crippen molar-refractivity contribution in [3.63, 3.8) is 0 Å². The van der Waals surface area contributed by atoms with E-state index in [0.717, 1.165) is 0 Å². The van der Waals surface area contributed by atoms with Crippen molar-refractivity contribution in [2.24, 2.45) is 0 Å². The Morgan fingerprint density at radius 3 is 2.20 bits per heavy atom. The molecule has 0 rings (SSSR count). The highest BCUT2D eigenvalue weighted by molar-refractivity contribution is 5.69. The van der Waals surface area contributed by atoms with Gasteiger partial charge in [0.15, 0.2) is 6.61 Å². The molecule has 0 aromatic carbocycles. The van der Waals surface area contributed by atoms with Crippen LogP contribution in [0.5, 0.6) is 0 Å². The molecule has 0 aliphatic rings. The Bertz CT molecular complexity index is 117. The van der Waals surface area contributed by atoms with Gasteiger partial charge in [-0.15, -0.1) is 4.65 Å². The van der Waals surface area contributed by atoms with Gasteiger partial charge in [0.25, 0.3) is 0 Å². The third kappa shape index (κ3) is 5.53. The SMILES string of the molecule is COCC(=O)O[N+](C)(C)C. The van der Waals surface area contributed by atoms with Crippen molar-refractivity contribution in [1.82, 2.24) is 0 Å². The molecule has 0 saturated heterocycles. The lowest BCUT2D eigenvalue weighted by atomic mass is 10.7. The van der Waals surface area contributed by atoms with Crippen LogP contribution >= 0.6 is 0 Å². The molecule has 4 heteroatoms. The van der Waals surface area contributed by atoms with Gasteiger partial charge in [0, 0.05) is 7.11 Å². The number of hydroxylamine groups is 3. The van der Waals surface area contributed by atoms with E-state index in [0.29, 0.717) is 0 Å². The summed E-state index contributed by atoms with van der Waals surface area (Å²) in [5.74, 6) is -0.352. The quantitative estimate of drug-likeness (QED) is 0.410. The number of rotatable bonds is 3. The number of methoxy groups -OCH3 is 1. The Labute approximate surface area is 60.9 Å². The van der Waals surface area contributed by atoms with Gasteiger partial charge < -0.3 is 4.74 Å². The first-order chi connectivity index (χ1) is 4.45. The van der Waals surface area contributed by atoms with Crippen molar-refractivity contribution < 1.29 is 19.0 Å². The van der Waals surface area contributed by atoms with Crippen LogP contribution in [-0.2, 0) is 14.4 Å². The lowest BCUT2D eigenvalue weighted by Gasteiger charge is -2.19. The molecule has 0 amide bonds. The fraction of sp³-hybridized carbons (Fsp3) is 0.833. The summed E-state index contributed by atoms with van der Waals surface area (Å²) >= 11 is 0. The minimum Gasteiger partial charge on any atom is -0.373 e. The minimum atomic E-state index is -0.352. The molecule has 0 aliphatic heterocycles. The summed E-state index contributed by atoms with van der Waals surface area (Å²) in [5.41, 5.74) is 0. The molecule has 0 aliphatic carbocycles. The second kappa shape index (κ2) is 3.53. The lowest BCUT2D eigenvalue weighted by Crippen LogP contribution is -2.38. The minimum absolute atomic E-state index is 0.00944. The Kier molecular flexibility index (Phi) is 3.32. The number of ether oxygens (including phenoxy) is 1. The third-order valence-corrected chi connectivity index (χ3v) is 0.638. The molecule has 0 bridgehead atoms. The van der Waals surface area contributed by atoms with E-state index in [9.17, 15) is 4.79 Å². The predicted octanol–water partition coefficient (Wildman–Crippen LogP) is -0.203. The van der Waals surface area contributed by atoms with E-state index >= 15 is 0 Å². The maximum absolute atomic E-state index is 10.7. The number of carbonyl (C=O) groups excluding carboxylic acids is 1. The second-order valence-electron chi connectivity index (χ2n) is 2.79. The molecule has 0 radical (unpaired) electrons. The number of quaternary nitrogens is 1. The monoisotopic (exact) mass is 148 g/mol. The maximum Gasteiger partial charge on any atom is 0.391 e. The molecule has 60 valence electrons. The maximum atomic E-state index is 10.7. The van der Waals surface area contributed by atoms with Gasteiger partial charge in [-0.05, 0) is 0 Å². The molecule has 0 unspecified atom stereocenters. The first kappa shape index (κ1) is 9.39. The van der Waals surface area contributed by atoms with E-state index in [-0.39, 0.29) is 17.2 Å². The van der Waals surface area contributed by atoms with Gasteiger partial charge in [0.2, 0.25) is 0 Å². The first-order valence-corrected chi connectivity index (χ1v) is 2.98. The lowest BCUT2D eigenvalue weighted by molar-refractivity contribution is -1.04. The van der Waals surface area contributed by atoms with Crippen LogP contribution < -0.4 is 0 Å². The van der Waals surface area contributed by atoms with Gasteiger partial charge in [-0.2, -0.15) is 0 Å². The molecule has 0 fully saturated rings. The van der Waals surface area contributed by atoms with Crippen molar-refractivity contribution in [2.75, 3.05) is 34.9 Å². The van der Waals surface area contributed by atoms with E-state index in [1.165, 1.54) is 7.11 Å². The first-order valence-electron chi connectivity index (χ1n) is 2.98. The van der Waals surface area contributed by atoms with Gasteiger partial charge in [-0.1, -0.05) is 0 Å². The Morgan fingerprint density at radius 1 is 1.40 bits per heavy atom. The van der Waals surface area contributed by atoms with E-state index in [4.69, 9.17) is 4.84 Å². The van der Waals surface area contributed by atoms with Crippen molar-refractivity contribution >= 4 is 5.97 Å². The average molecular weight is 148 g/mol. The molecule has 0 aromatic heterocycles. The van der Waals surface area contributed by atoms with Crippen molar-refractivity contribution in [1.29, 1.82) is 0 Å². The zero-order chi connectivity index (χ0) is 8.20. The van der Waals surface area contributed by atoms with Gasteiger partial charge >= 0.3 is 5.97 Å². The second-order valence-corrected chi connectivity index (χ2v) is 2.79. The molecular weight excluding hydrogens is 134 g/mol. The van der Waals surface area contributed by atoms with E-state index in [1.807, 2.05) is 0 Å². The molecule has 0 saturated carbocycles. The average Bonchev–Trinajstić information content (AvgIpc) is 1.59. The van der Waals surface area contributed by atoms with Crippen molar-refractivity contribution in [3.8, 4) is 0 Å². The van der Waals surface area contributed by atoms with Crippen LogP contribution in [0, 0.1) is 0 Å². The molecule has 10 heavy (non-hydrogen) atoms. The molecular formula is C6H14NO3+. The third-order valence-electron chi connectivity index (χ3n) is 0.638. The van der Waals surface area contributed by atoms with E-state index in [2.05, 4.69) is 4.74 Å². The van der Waals surface area contributed by atoms with E-state index in [1.54, 1.807) is 21.1 Å². The van der Waals surface area contributed by atoms with Crippen LogP contribution in [0.25, 0.3) is 0 Å². The zero-order valence-electron chi connectivity index (χ0n) is 6.88. The van der Waals surface area contributed by atoms with Gasteiger partial charge in [0.1, 0.15) is 21.1 Å². The molecule has 0 aromatic rings. The normalized spacial score (nSPS) is 11.2. The Hall–Kier alpha value is -0.610. The highest BCUT2D eigenvalue weighted by atomic mass is 16.7. The molecule has 0 heterocycles. The summed E-state index contributed by atoms with van der Waals surface area (Å²) in [4.78, 5) is 15.5. The number of hydrogen-bond donors (Lipinski definition) is 0. The van der Waals surface area contributed by atoms with Crippen molar-refractivity contribution in [2.45, 2.75) is 0 Å². The Morgan fingerprint density at radius 2 is 1.90 bits per heavy atom. The van der Waals surface area contributed by atoms with Gasteiger partial charge in [-0.25, -0.2) is 4.79 Å². The highest BCUT2D eigenvalue weighted by Crippen LogP contribution is 1.92. The smallest absolute Gasteiger partial charge is 0.373 e. The summed E-state index contributed by atoms with van der Waals surface area (Å²) in [7, 11) is 6.73. The molecule has 0 atom stereocenters. The zero-order valence-corrected chi connectivity index (χ0v) is 6.88.